The molecule has 4 aliphatic rings. The van der Waals surface area contributed by atoms with E-state index in [9.17, 15) is 15.0 Å². The van der Waals surface area contributed by atoms with Crippen molar-refractivity contribution in [1.82, 2.24) is 0 Å². The molecule has 0 amide bonds. The van der Waals surface area contributed by atoms with Crippen LogP contribution in [0.4, 0.5) is 0 Å². The highest BCUT2D eigenvalue weighted by atomic mass is 16.3. The topological polar surface area (TPSA) is 57.5 Å². The summed E-state index contributed by atoms with van der Waals surface area (Å²) < 4.78 is 0. The number of aliphatic hydroxyl groups excluding tert-OH is 1. The monoisotopic (exact) mass is 290 g/mol. The van der Waals surface area contributed by atoms with Crippen LogP contribution in [0.15, 0.2) is 11.6 Å². The Morgan fingerprint density at radius 1 is 1.10 bits per heavy atom. The quantitative estimate of drug-likeness (QED) is 0.721. The number of carbonyl (C=O) groups excluding carboxylic acids is 1. The van der Waals surface area contributed by atoms with Crippen molar-refractivity contribution >= 4 is 5.78 Å². The van der Waals surface area contributed by atoms with Crippen molar-refractivity contribution < 1.29 is 15.0 Å². The molecule has 0 spiro atoms. The molecule has 4 aliphatic carbocycles. The van der Waals surface area contributed by atoms with Crippen LogP contribution in [-0.2, 0) is 4.79 Å². The van der Waals surface area contributed by atoms with Crippen LogP contribution in [0.25, 0.3) is 0 Å². The number of rotatable bonds is 0. The fourth-order valence-corrected chi connectivity index (χ4v) is 6.16. The van der Waals surface area contributed by atoms with Crippen LogP contribution >= 0.6 is 0 Å². The first-order valence-electron chi connectivity index (χ1n) is 8.59. The van der Waals surface area contributed by atoms with Gasteiger partial charge in [-0.05, 0) is 79.8 Å². The van der Waals surface area contributed by atoms with E-state index in [0.29, 0.717) is 30.6 Å². The maximum atomic E-state index is 11.7. The van der Waals surface area contributed by atoms with E-state index < -0.39 is 5.60 Å². The Morgan fingerprint density at radius 2 is 1.90 bits per heavy atom. The number of ketones is 1. The zero-order valence-corrected chi connectivity index (χ0v) is 12.8. The van der Waals surface area contributed by atoms with Crippen molar-refractivity contribution in [2.24, 2.45) is 23.2 Å². The van der Waals surface area contributed by atoms with Gasteiger partial charge >= 0.3 is 0 Å². The Morgan fingerprint density at radius 3 is 2.71 bits per heavy atom. The molecule has 0 unspecified atom stereocenters. The van der Waals surface area contributed by atoms with Crippen molar-refractivity contribution in [1.29, 1.82) is 0 Å². The lowest BCUT2D eigenvalue weighted by Gasteiger charge is -2.56. The Bertz CT molecular complexity index is 511. The van der Waals surface area contributed by atoms with Crippen LogP contribution in [0.2, 0.25) is 0 Å². The van der Waals surface area contributed by atoms with E-state index in [1.54, 1.807) is 6.08 Å². The van der Waals surface area contributed by atoms with Gasteiger partial charge in [0.25, 0.3) is 0 Å². The first-order valence-corrected chi connectivity index (χ1v) is 8.59. The molecule has 0 aromatic heterocycles. The van der Waals surface area contributed by atoms with Gasteiger partial charge in [0.15, 0.2) is 5.78 Å². The van der Waals surface area contributed by atoms with Gasteiger partial charge in [0.2, 0.25) is 0 Å². The largest absolute Gasteiger partial charge is 0.393 e. The molecule has 116 valence electrons. The highest BCUT2D eigenvalue weighted by molar-refractivity contribution is 5.92. The Balaban J connectivity index is 1.69. The summed E-state index contributed by atoms with van der Waals surface area (Å²) in [5.74, 6) is 1.56. The molecular formula is C18H26O3. The van der Waals surface area contributed by atoms with Gasteiger partial charge in [0.1, 0.15) is 0 Å². The molecule has 3 saturated carbocycles. The second kappa shape index (κ2) is 4.42. The number of carbonyl (C=O) groups is 1. The molecule has 2 N–H and O–H groups in total. The van der Waals surface area contributed by atoms with Gasteiger partial charge in [-0.25, -0.2) is 0 Å². The maximum absolute atomic E-state index is 11.7. The van der Waals surface area contributed by atoms with E-state index in [0.717, 1.165) is 44.1 Å². The lowest BCUT2D eigenvalue weighted by molar-refractivity contribution is -0.129. The van der Waals surface area contributed by atoms with E-state index in [1.807, 2.05) is 0 Å². The molecule has 0 heterocycles. The highest BCUT2D eigenvalue weighted by Gasteiger charge is 2.59. The van der Waals surface area contributed by atoms with E-state index in [2.05, 4.69) is 6.92 Å². The molecule has 0 bridgehead atoms. The van der Waals surface area contributed by atoms with Crippen molar-refractivity contribution in [2.75, 3.05) is 0 Å². The summed E-state index contributed by atoms with van der Waals surface area (Å²) in [5.41, 5.74) is 0.330. The van der Waals surface area contributed by atoms with E-state index in [-0.39, 0.29) is 17.3 Å². The molecule has 3 heteroatoms. The first-order chi connectivity index (χ1) is 9.95. The summed E-state index contributed by atoms with van der Waals surface area (Å²) in [6, 6.07) is 0. The van der Waals surface area contributed by atoms with E-state index in [4.69, 9.17) is 0 Å². The molecule has 3 fully saturated rings. The Hall–Kier alpha value is -0.670. The third kappa shape index (κ3) is 1.77. The third-order valence-corrected chi connectivity index (χ3v) is 7.39. The minimum absolute atomic E-state index is 0.0588. The van der Waals surface area contributed by atoms with Crippen molar-refractivity contribution in [2.45, 2.75) is 70.0 Å². The van der Waals surface area contributed by atoms with Gasteiger partial charge in [-0.2, -0.15) is 0 Å². The van der Waals surface area contributed by atoms with Crippen LogP contribution in [0.3, 0.4) is 0 Å². The fraction of sp³-hybridized carbons (Fsp3) is 0.833. The number of aliphatic hydroxyl groups is 2. The molecule has 4 rings (SSSR count). The van der Waals surface area contributed by atoms with Gasteiger partial charge in [0, 0.05) is 6.42 Å². The SMILES string of the molecule is C[C@]12CC[C@H]3[C@@H](CCC4=CC(=O)CC[C@@]43O)[C@@H]1CC[C@@H]2O. The molecule has 0 saturated heterocycles. The third-order valence-electron chi connectivity index (χ3n) is 7.39. The number of hydrogen-bond donors (Lipinski definition) is 2. The highest BCUT2D eigenvalue weighted by Crippen LogP contribution is 2.62. The van der Waals surface area contributed by atoms with Gasteiger partial charge in [-0.1, -0.05) is 6.92 Å². The van der Waals surface area contributed by atoms with E-state index >= 15 is 0 Å². The molecule has 0 aromatic rings. The van der Waals surface area contributed by atoms with Crippen LogP contribution in [0, 0.1) is 23.2 Å². The van der Waals surface area contributed by atoms with Crippen molar-refractivity contribution in [3.63, 3.8) is 0 Å². The summed E-state index contributed by atoms with van der Waals surface area (Å²) in [6.07, 6.45) is 8.67. The summed E-state index contributed by atoms with van der Waals surface area (Å²) in [5, 5.41) is 21.7. The van der Waals surface area contributed by atoms with E-state index in [1.165, 1.54) is 0 Å². The molecule has 0 radical (unpaired) electrons. The zero-order valence-electron chi connectivity index (χ0n) is 12.8. The minimum Gasteiger partial charge on any atom is -0.393 e. The lowest BCUT2D eigenvalue weighted by atomic mass is 9.50. The lowest BCUT2D eigenvalue weighted by Crippen LogP contribution is -2.55. The van der Waals surface area contributed by atoms with Crippen LogP contribution in [-0.4, -0.2) is 27.7 Å². The van der Waals surface area contributed by atoms with Gasteiger partial charge < -0.3 is 10.2 Å². The van der Waals surface area contributed by atoms with Crippen LogP contribution in [0.5, 0.6) is 0 Å². The standard InChI is InChI=1S/C18H26O3/c1-17-8-7-15-13(14(17)4-5-16(17)20)3-2-11-10-12(19)6-9-18(11,15)21/h10,13-16,20-21H,2-9H2,1H3/t13-,14-,15-,16-,17-,18+/m0/s1. The Labute approximate surface area is 126 Å². The van der Waals surface area contributed by atoms with Gasteiger partial charge in [-0.15, -0.1) is 0 Å². The van der Waals surface area contributed by atoms with Crippen LogP contribution < -0.4 is 0 Å². The first kappa shape index (κ1) is 14.0. The van der Waals surface area contributed by atoms with Gasteiger partial charge in [0.05, 0.1) is 11.7 Å². The molecule has 0 aliphatic heterocycles. The second-order valence-electron chi connectivity index (χ2n) is 8.11. The maximum Gasteiger partial charge on any atom is 0.155 e. The predicted molar refractivity (Wildman–Crippen MR) is 79.6 cm³/mol. The summed E-state index contributed by atoms with van der Waals surface area (Å²) in [6.45, 7) is 2.26. The minimum atomic E-state index is -0.730. The molecule has 21 heavy (non-hydrogen) atoms. The average molecular weight is 290 g/mol. The normalized spacial score (nSPS) is 52.7. The number of fused-ring (bicyclic) bond motifs is 5. The summed E-state index contributed by atoms with van der Waals surface area (Å²) in [4.78, 5) is 11.7. The number of hydrogen-bond acceptors (Lipinski definition) is 3. The average Bonchev–Trinajstić information content (AvgIpc) is 2.76. The fourth-order valence-electron chi connectivity index (χ4n) is 6.16. The second-order valence-corrected chi connectivity index (χ2v) is 8.11. The molecule has 6 atom stereocenters. The van der Waals surface area contributed by atoms with Crippen LogP contribution in [0.1, 0.15) is 58.3 Å². The van der Waals surface area contributed by atoms with Gasteiger partial charge in [-0.3, -0.25) is 4.79 Å². The zero-order chi connectivity index (χ0) is 14.8. The molecular weight excluding hydrogens is 264 g/mol. The Kier molecular flexibility index (Phi) is 2.94. The van der Waals surface area contributed by atoms with Crippen molar-refractivity contribution in [3.05, 3.63) is 11.6 Å². The molecule has 0 aromatic carbocycles. The predicted octanol–water partition coefficient (Wildman–Crippen LogP) is 2.60. The summed E-state index contributed by atoms with van der Waals surface area (Å²) in [7, 11) is 0. The smallest absolute Gasteiger partial charge is 0.155 e. The summed E-state index contributed by atoms with van der Waals surface area (Å²) >= 11 is 0. The van der Waals surface area contributed by atoms with Crippen molar-refractivity contribution in [3.8, 4) is 0 Å². The molecule has 3 nitrogen and oxygen atoms in total.